The van der Waals surface area contributed by atoms with Crippen molar-refractivity contribution in [3.8, 4) is 0 Å². The van der Waals surface area contributed by atoms with Gasteiger partial charge in [-0.3, -0.25) is 9.59 Å². The van der Waals surface area contributed by atoms with Crippen molar-refractivity contribution in [2.45, 2.75) is 85.2 Å². The second kappa shape index (κ2) is 11.7. The van der Waals surface area contributed by atoms with E-state index < -0.39 is 42.3 Å². The normalized spacial score (nSPS) is 32.6. The average Bonchev–Trinajstić information content (AvgIpc) is 2.62. The molecule has 0 radical (unpaired) electrons. The number of hydrogen-bond acceptors (Lipinski definition) is 7. The van der Waals surface area contributed by atoms with Crippen LogP contribution >= 0.6 is 0 Å². The van der Waals surface area contributed by atoms with Gasteiger partial charge >= 0.3 is 11.9 Å². The second-order valence-electron chi connectivity index (χ2n) is 8.71. The molecule has 168 valence electrons. The number of aliphatic hydroxyl groups is 3. The van der Waals surface area contributed by atoms with Crippen LogP contribution in [0.2, 0.25) is 0 Å². The second-order valence-corrected chi connectivity index (χ2v) is 8.71. The molecule has 7 heteroatoms. The molecule has 7 atom stereocenters. The molecule has 0 aromatic heterocycles. The average molecular weight is 415 g/mol. The van der Waals surface area contributed by atoms with Crippen LogP contribution in [0.1, 0.15) is 60.8 Å². The summed E-state index contributed by atoms with van der Waals surface area (Å²) in [6.45, 7) is 10.2. The largest absolute Gasteiger partial charge is 0.462 e. The number of ether oxygens (including phenoxy) is 2. The monoisotopic (exact) mass is 414 g/mol. The molecule has 0 saturated carbocycles. The first-order valence-corrected chi connectivity index (χ1v) is 10.5. The van der Waals surface area contributed by atoms with Crippen molar-refractivity contribution >= 4 is 11.9 Å². The predicted octanol–water partition coefficient (Wildman–Crippen LogP) is 2.22. The van der Waals surface area contributed by atoms with Gasteiger partial charge in [-0.25, -0.2) is 0 Å². The van der Waals surface area contributed by atoms with Crippen LogP contribution in [0.5, 0.6) is 0 Å². The Morgan fingerprint density at radius 3 is 2.31 bits per heavy atom. The summed E-state index contributed by atoms with van der Waals surface area (Å²) < 4.78 is 10.9. The van der Waals surface area contributed by atoms with Crippen molar-refractivity contribution in [1.29, 1.82) is 0 Å². The van der Waals surface area contributed by atoms with Gasteiger partial charge in [-0.05, 0) is 50.5 Å². The SMILES string of the molecule is CC(=O)O[C@H](C)[C@@H](C)C(=O)O[C@H]1C[C@@H](C)[C@@H](O)C/C=C(/CO)C[C@H](O)C1C(C)C. The zero-order chi connectivity index (χ0) is 22.3. The van der Waals surface area contributed by atoms with E-state index in [9.17, 15) is 24.9 Å². The molecule has 29 heavy (non-hydrogen) atoms. The molecule has 0 aromatic rings. The first-order chi connectivity index (χ1) is 13.5. The van der Waals surface area contributed by atoms with Crippen LogP contribution in [0.25, 0.3) is 0 Å². The lowest BCUT2D eigenvalue weighted by molar-refractivity contribution is -0.169. The van der Waals surface area contributed by atoms with Crippen LogP contribution in [0, 0.1) is 23.7 Å². The lowest BCUT2D eigenvalue weighted by atomic mass is 9.77. The summed E-state index contributed by atoms with van der Waals surface area (Å²) in [5, 5.41) is 30.9. The number of carbonyl (C=O) groups excluding carboxylic acids is 2. The van der Waals surface area contributed by atoms with Crippen molar-refractivity contribution in [3.05, 3.63) is 11.6 Å². The van der Waals surface area contributed by atoms with E-state index in [-0.39, 0.29) is 30.8 Å². The Balaban J connectivity index is 3.12. The van der Waals surface area contributed by atoms with Gasteiger partial charge in [0.2, 0.25) is 0 Å². The molecule has 0 fully saturated rings. The van der Waals surface area contributed by atoms with Crippen LogP contribution in [-0.2, 0) is 19.1 Å². The minimum atomic E-state index is -0.796. The molecule has 0 aliphatic heterocycles. The summed E-state index contributed by atoms with van der Waals surface area (Å²) >= 11 is 0. The van der Waals surface area contributed by atoms with E-state index >= 15 is 0 Å². The molecule has 0 heterocycles. The van der Waals surface area contributed by atoms with Gasteiger partial charge in [0.15, 0.2) is 0 Å². The highest BCUT2D eigenvalue weighted by molar-refractivity contribution is 5.74. The van der Waals surface area contributed by atoms with E-state index in [1.54, 1.807) is 19.9 Å². The number of hydrogen-bond donors (Lipinski definition) is 3. The van der Waals surface area contributed by atoms with Crippen molar-refractivity contribution < 1.29 is 34.4 Å². The number of carbonyl (C=O) groups is 2. The molecule has 1 rings (SSSR count). The summed E-state index contributed by atoms with van der Waals surface area (Å²) in [7, 11) is 0. The van der Waals surface area contributed by atoms with Gasteiger partial charge in [-0.15, -0.1) is 0 Å². The van der Waals surface area contributed by atoms with E-state index in [0.29, 0.717) is 18.4 Å². The van der Waals surface area contributed by atoms with Gasteiger partial charge in [0.25, 0.3) is 0 Å². The van der Waals surface area contributed by atoms with Crippen LogP contribution in [0.4, 0.5) is 0 Å². The fourth-order valence-corrected chi connectivity index (χ4v) is 3.88. The molecule has 0 amide bonds. The maximum atomic E-state index is 12.8. The highest BCUT2D eigenvalue weighted by Crippen LogP contribution is 2.33. The number of esters is 2. The van der Waals surface area contributed by atoms with Gasteiger partial charge in [0.1, 0.15) is 12.2 Å². The van der Waals surface area contributed by atoms with Gasteiger partial charge in [-0.1, -0.05) is 26.8 Å². The molecule has 0 aromatic carbocycles. The topological polar surface area (TPSA) is 113 Å². The summed E-state index contributed by atoms with van der Waals surface area (Å²) in [5.74, 6) is -2.15. The summed E-state index contributed by atoms with van der Waals surface area (Å²) in [6.07, 6.45) is 0.153. The molecule has 0 spiro atoms. The van der Waals surface area contributed by atoms with E-state index in [2.05, 4.69) is 0 Å². The van der Waals surface area contributed by atoms with Crippen LogP contribution in [-0.4, -0.2) is 58.3 Å². The fraction of sp³-hybridized carbons (Fsp3) is 0.818. The molecule has 0 saturated heterocycles. The minimum Gasteiger partial charge on any atom is -0.462 e. The molecule has 1 unspecified atom stereocenters. The van der Waals surface area contributed by atoms with Crippen LogP contribution in [0.15, 0.2) is 11.6 Å². The highest BCUT2D eigenvalue weighted by atomic mass is 16.6. The van der Waals surface area contributed by atoms with Gasteiger partial charge in [-0.2, -0.15) is 0 Å². The molecule has 7 nitrogen and oxygen atoms in total. The molecule has 1 aliphatic carbocycles. The maximum Gasteiger partial charge on any atom is 0.312 e. The van der Waals surface area contributed by atoms with Crippen molar-refractivity contribution in [2.75, 3.05) is 6.61 Å². The Labute approximate surface area is 174 Å². The zero-order valence-corrected chi connectivity index (χ0v) is 18.5. The Bertz CT molecular complexity index is 572. The van der Waals surface area contributed by atoms with Crippen molar-refractivity contribution in [3.63, 3.8) is 0 Å². The smallest absolute Gasteiger partial charge is 0.312 e. The lowest BCUT2D eigenvalue weighted by Gasteiger charge is -2.37. The Hall–Kier alpha value is -1.44. The minimum absolute atomic E-state index is 0.00714. The third-order valence-electron chi connectivity index (χ3n) is 5.92. The summed E-state index contributed by atoms with van der Waals surface area (Å²) in [5.41, 5.74) is 0.665. The van der Waals surface area contributed by atoms with Crippen molar-refractivity contribution in [1.82, 2.24) is 0 Å². The molecular formula is C22H38O7. The van der Waals surface area contributed by atoms with Crippen molar-refractivity contribution in [2.24, 2.45) is 23.7 Å². The molecule has 3 N–H and O–H groups in total. The molecular weight excluding hydrogens is 376 g/mol. The standard InChI is InChI=1S/C22H38O7/c1-12(2)21-19(26)10-17(11-23)7-8-18(25)13(3)9-20(21)29-22(27)14(4)15(5)28-16(6)24/h7,12-15,18-21,23,25-26H,8-11H2,1-6H3/b17-7+/t13-,14-,15-,18+,19+,20+,21?/m1/s1. The zero-order valence-electron chi connectivity index (χ0n) is 18.5. The van der Waals surface area contributed by atoms with E-state index in [1.807, 2.05) is 20.8 Å². The van der Waals surface area contributed by atoms with Gasteiger partial charge in [0, 0.05) is 12.8 Å². The molecule has 0 bridgehead atoms. The number of rotatable bonds is 6. The summed E-state index contributed by atoms with van der Waals surface area (Å²) in [6, 6.07) is 0. The van der Waals surface area contributed by atoms with Crippen LogP contribution < -0.4 is 0 Å². The fourth-order valence-electron chi connectivity index (χ4n) is 3.88. The third kappa shape index (κ3) is 7.72. The van der Waals surface area contributed by atoms with E-state index in [1.165, 1.54) is 6.92 Å². The van der Waals surface area contributed by atoms with Crippen LogP contribution in [0.3, 0.4) is 0 Å². The van der Waals surface area contributed by atoms with E-state index in [0.717, 1.165) is 0 Å². The lowest BCUT2D eigenvalue weighted by Crippen LogP contribution is -2.43. The first-order valence-electron chi connectivity index (χ1n) is 10.5. The molecule has 1 aliphatic rings. The maximum absolute atomic E-state index is 12.8. The Kier molecular flexibility index (Phi) is 10.3. The Morgan fingerprint density at radius 2 is 1.79 bits per heavy atom. The Morgan fingerprint density at radius 1 is 1.17 bits per heavy atom. The van der Waals surface area contributed by atoms with Gasteiger partial charge in [0.05, 0.1) is 24.7 Å². The number of aliphatic hydroxyl groups excluding tert-OH is 3. The first kappa shape index (κ1) is 25.6. The summed E-state index contributed by atoms with van der Waals surface area (Å²) in [4.78, 5) is 23.9. The third-order valence-corrected chi connectivity index (χ3v) is 5.92. The van der Waals surface area contributed by atoms with E-state index in [4.69, 9.17) is 9.47 Å². The predicted molar refractivity (Wildman–Crippen MR) is 109 cm³/mol. The highest BCUT2D eigenvalue weighted by Gasteiger charge is 2.38. The van der Waals surface area contributed by atoms with Gasteiger partial charge < -0.3 is 24.8 Å². The quantitative estimate of drug-likeness (QED) is 0.451.